The first-order valence-electron chi connectivity index (χ1n) is 6.53. The van der Waals surface area contributed by atoms with Crippen LogP contribution in [0.5, 0.6) is 0 Å². The van der Waals surface area contributed by atoms with Gasteiger partial charge < -0.3 is 24.0 Å². The molecule has 0 N–H and O–H groups in total. The van der Waals surface area contributed by atoms with E-state index in [0.29, 0.717) is 46.1 Å². The molecule has 104 valence electrons. The Morgan fingerprint density at radius 1 is 1.33 bits per heavy atom. The van der Waals surface area contributed by atoms with Gasteiger partial charge in [-0.1, -0.05) is 0 Å². The van der Waals surface area contributed by atoms with Gasteiger partial charge in [-0.05, 0) is 6.42 Å². The van der Waals surface area contributed by atoms with Crippen molar-refractivity contribution >= 4 is 6.03 Å². The van der Waals surface area contributed by atoms with Gasteiger partial charge in [-0.25, -0.2) is 4.79 Å². The molecular formula is C12H22N2O4. The van der Waals surface area contributed by atoms with Crippen LogP contribution in [0.2, 0.25) is 0 Å². The quantitative estimate of drug-likeness (QED) is 0.721. The van der Waals surface area contributed by atoms with E-state index in [1.54, 1.807) is 7.11 Å². The lowest BCUT2D eigenvalue weighted by molar-refractivity contribution is 0.0345. The summed E-state index contributed by atoms with van der Waals surface area (Å²) in [5.41, 5.74) is 0. The van der Waals surface area contributed by atoms with E-state index in [2.05, 4.69) is 0 Å². The van der Waals surface area contributed by atoms with E-state index in [9.17, 15) is 4.79 Å². The number of morpholine rings is 1. The number of methoxy groups -OCH3 is 1. The Balaban J connectivity index is 1.94. The van der Waals surface area contributed by atoms with E-state index < -0.39 is 0 Å². The van der Waals surface area contributed by atoms with Crippen LogP contribution in [0, 0.1) is 0 Å². The zero-order valence-electron chi connectivity index (χ0n) is 11.0. The van der Waals surface area contributed by atoms with Crippen LogP contribution < -0.4 is 0 Å². The number of carbonyl (C=O) groups is 1. The molecule has 0 bridgehead atoms. The van der Waals surface area contributed by atoms with Crippen LogP contribution in [0.15, 0.2) is 0 Å². The molecule has 2 saturated heterocycles. The molecule has 0 aromatic rings. The Morgan fingerprint density at radius 2 is 2.11 bits per heavy atom. The first kappa shape index (κ1) is 13.6. The van der Waals surface area contributed by atoms with Gasteiger partial charge in [-0.2, -0.15) is 0 Å². The van der Waals surface area contributed by atoms with Crippen LogP contribution in [0.4, 0.5) is 4.79 Å². The number of carbonyl (C=O) groups excluding carboxylic acids is 1. The molecule has 6 heteroatoms. The second kappa shape index (κ2) is 6.92. The van der Waals surface area contributed by atoms with Gasteiger partial charge in [0.1, 0.15) is 0 Å². The van der Waals surface area contributed by atoms with Gasteiger partial charge in [0.2, 0.25) is 0 Å². The predicted octanol–water partition coefficient (Wildman–Crippen LogP) is 0.176. The topological polar surface area (TPSA) is 51.2 Å². The van der Waals surface area contributed by atoms with Gasteiger partial charge in [-0.15, -0.1) is 0 Å². The Labute approximate surface area is 108 Å². The summed E-state index contributed by atoms with van der Waals surface area (Å²) in [4.78, 5) is 16.2. The van der Waals surface area contributed by atoms with Crippen molar-refractivity contribution in [3.8, 4) is 0 Å². The molecule has 2 aliphatic rings. The first-order chi connectivity index (χ1) is 8.83. The van der Waals surface area contributed by atoms with Crippen LogP contribution >= 0.6 is 0 Å². The lowest BCUT2D eigenvalue weighted by Crippen LogP contribution is -2.52. The van der Waals surface area contributed by atoms with Crippen molar-refractivity contribution in [3.05, 3.63) is 0 Å². The van der Waals surface area contributed by atoms with Crippen LogP contribution in [-0.4, -0.2) is 81.7 Å². The molecule has 2 heterocycles. The Morgan fingerprint density at radius 3 is 2.72 bits per heavy atom. The minimum Gasteiger partial charge on any atom is -0.383 e. The highest BCUT2D eigenvalue weighted by Gasteiger charge is 2.30. The molecule has 0 saturated carbocycles. The molecule has 2 fully saturated rings. The van der Waals surface area contributed by atoms with E-state index >= 15 is 0 Å². The SMILES string of the molecule is COCCN(C(=O)N1CCOCC1)C1CCOC1. The molecule has 2 aliphatic heterocycles. The van der Waals surface area contributed by atoms with Crippen molar-refractivity contribution in [2.24, 2.45) is 0 Å². The van der Waals surface area contributed by atoms with Gasteiger partial charge >= 0.3 is 6.03 Å². The maximum atomic E-state index is 12.5. The Kier molecular flexibility index (Phi) is 5.22. The Bertz CT molecular complexity index is 263. The minimum atomic E-state index is 0.0888. The summed E-state index contributed by atoms with van der Waals surface area (Å²) in [6.07, 6.45) is 0.916. The van der Waals surface area contributed by atoms with Crippen molar-refractivity contribution in [3.63, 3.8) is 0 Å². The molecule has 2 rings (SSSR count). The molecular weight excluding hydrogens is 236 g/mol. The van der Waals surface area contributed by atoms with Crippen LogP contribution in [-0.2, 0) is 14.2 Å². The highest BCUT2D eigenvalue weighted by atomic mass is 16.5. The van der Waals surface area contributed by atoms with Crippen molar-refractivity contribution in [2.75, 3.05) is 59.8 Å². The molecule has 6 nitrogen and oxygen atoms in total. The summed E-state index contributed by atoms with van der Waals surface area (Å²) in [5.74, 6) is 0. The average Bonchev–Trinajstić information content (AvgIpc) is 2.94. The summed E-state index contributed by atoms with van der Waals surface area (Å²) in [6, 6.07) is 0.279. The fraction of sp³-hybridized carbons (Fsp3) is 0.917. The van der Waals surface area contributed by atoms with E-state index in [-0.39, 0.29) is 12.1 Å². The summed E-state index contributed by atoms with van der Waals surface area (Å²) < 4.78 is 15.7. The van der Waals surface area contributed by atoms with Crippen molar-refractivity contribution in [2.45, 2.75) is 12.5 Å². The molecule has 0 radical (unpaired) electrons. The average molecular weight is 258 g/mol. The molecule has 1 unspecified atom stereocenters. The van der Waals surface area contributed by atoms with Crippen LogP contribution in [0.3, 0.4) is 0 Å². The highest BCUT2D eigenvalue weighted by molar-refractivity contribution is 5.75. The predicted molar refractivity (Wildman–Crippen MR) is 65.6 cm³/mol. The molecule has 0 aromatic heterocycles. The van der Waals surface area contributed by atoms with Gasteiger partial charge in [0.15, 0.2) is 0 Å². The third kappa shape index (κ3) is 3.34. The first-order valence-corrected chi connectivity index (χ1v) is 6.53. The second-order valence-electron chi connectivity index (χ2n) is 4.59. The van der Waals surface area contributed by atoms with Crippen LogP contribution in [0.25, 0.3) is 0 Å². The summed E-state index contributed by atoms with van der Waals surface area (Å²) >= 11 is 0. The van der Waals surface area contributed by atoms with E-state index in [4.69, 9.17) is 14.2 Å². The normalized spacial score (nSPS) is 24.3. The standard InChI is InChI=1S/C12H22N2O4/c1-16-7-5-14(11-2-6-18-10-11)12(15)13-3-8-17-9-4-13/h11H,2-10H2,1H3. The van der Waals surface area contributed by atoms with Gasteiger partial charge in [0.25, 0.3) is 0 Å². The minimum absolute atomic E-state index is 0.0888. The smallest absolute Gasteiger partial charge is 0.320 e. The number of hydrogen-bond donors (Lipinski definition) is 0. The van der Waals surface area contributed by atoms with E-state index in [0.717, 1.165) is 13.0 Å². The van der Waals surface area contributed by atoms with Gasteiger partial charge in [0.05, 0.1) is 32.5 Å². The maximum Gasteiger partial charge on any atom is 0.320 e. The fourth-order valence-electron chi connectivity index (χ4n) is 2.33. The summed E-state index contributed by atoms with van der Waals surface area (Å²) in [7, 11) is 1.66. The Hall–Kier alpha value is -0.850. The zero-order valence-corrected chi connectivity index (χ0v) is 11.0. The number of nitrogens with zero attached hydrogens (tertiary/aromatic N) is 2. The molecule has 0 spiro atoms. The number of amides is 2. The van der Waals surface area contributed by atoms with Crippen molar-refractivity contribution in [1.29, 1.82) is 0 Å². The molecule has 1 atom stereocenters. The molecule has 0 aliphatic carbocycles. The zero-order chi connectivity index (χ0) is 12.8. The number of hydrogen-bond acceptors (Lipinski definition) is 4. The second-order valence-corrected chi connectivity index (χ2v) is 4.59. The molecule has 2 amide bonds. The number of rotatable bonds is 4. The van der Waals surface area contributed by atoms with E-state index in [1.165, 1.54) is 0 Å². The fourth-order valence-corrected chi connectivity index (χ4v) is 2.33. The lowest BCUT2D eigenvalue weighted by Gasteiger charge is -2.35. The largest absolute Gasteiger partial charge is 0.383 e. The number of ether oxygens (including phenoxy) is 3. The monoisotopic (exact) mass is 258 g/mol. The number of urea groups is 1. The summed E-state index contributed by atoms with van der Waals surface area (Å²) in [5, 5.41) is 0. The van der Waals surface area contributed by atoms with Crippen molar-refractivity contribution < 1.29 is 19.0 Å². The summed E-state index contributed by atoms with van der Waals surface area (Å²) in [6.45, 7) is 5.18. The molecule has 18 heavy (non-hydrogen) atoms. The maximum absolute atomic E-state index is 12.5. The third-order valence-electron chi connectivity index (χ3n) is 3.41. The highest BCUT2D eigenvalue weighted by Crippen LogP contribution is 2.15. The van der Waals surface area contributed by atoms with E-state index in [1.807, 2.05) is 9.80 Å². The molecule has 0 aromatic carbocycles. The van der Waals surface area contributed by atoms with Crippen molar-refractivity contribution in [1.82, 2.24) is 9.80 Å². The lowest BCUT2D eigenvalue weighted by atomic mass is 10.2. The van der Waals surface area contributed by atoms with Crippen LogP contribution in [0.1, 0.15) is 6.42 Å². The van der Waals surface area contributed by atoms with Gasteiger partial charge in [0, 0.05) is 33.4 Å². The third-order valence-corrected chi connectivity index (χ3v) is 3.41. The van der Waals surface area contributed by atoms with Gasteiger partial charge in [-0.3, -0.25) is 0 Å².